The Morgan fingerprint density at radius 2 is 1.87 bits per heavy atom. The van der Waals surface area contributed by atoms with Crippen molar-refractivity contribution in [2.24, 2.45) is 17.6 Å². The van der Waals surface area contributed by atoms with Gasteiger partial charge in [0, 0.05) is 17.5 Å². The van der Waals surface area contributed by atoms with Gasteiger partial charge in [-0.05, 0) is 6.08 Å². The molecule has 2 rings (SSSR count). The molecule has 0 aliphatic heterocycles. The van der Waals surface area contributed by atoms with Gasteiger partial charge in [-0.2, -0.15) is 8.42 Å². The Hall–Kier alpha value is -1.33. The van der Waals surface area contributed by atoms with Gasteiger partial charge >= 0.3 is 0 Å². The van der Waals surface area contributed by atoms with Crippen molar-refractivity contribution in [3.63, 3.8) is 0 Å². The zero-order valence-electron chi connectivity index (χ0n) is 7.87. The molecule has 2 aliphatic carbocycles. The van der Waals surface area contributed by atoms with E-state index in [2.05, 4.69) is 0 Å². The van der Waals surface area contributed by atoms with E-state index < -0.39 is 10.1 Å². The normalized spacial score (nSPS) is 29.4. The molecular formula is C10H11NO3S. The molecule has 80 valence electrons. The van der Waals surface area contributed by atoms with Crippen LogP contribution in [-0.2, 0) is 10.1 Å². The first-order valence-electron chi connectivity index (χ1n) is 4.50. The second-order valence-electron chi connectivity index (χ2n) is 3.53. The number of rotatable bonds is 1. The first-order valence-corrected chi connectivity index (χ1v) is 5.94. The maximum atomic E-state index is 11.2. The van der Waals surface area contributed by atoms with Gasteiger partial charge in [0.25, 0.3) is 10.1 Å². The quantitative estimate of drug-likeness (QED) is 0.652. The second kappa shape index (κ2) is 3.36. The molecule has 4 nitrogen and oxygen atoms in total. The van der Waals surface area contributed by atoms with Gasteiger partial charge in [-0.3, -0.25) is 4.55 Å². The number of nitrogens with two attached hydrogens (primary N) is 1. The van der Waals surface area contributed by atoms with Crippen LogP contribution in [0, 0.1) is 11.8 Å². The molecule has 0 fully saturated rings. The van der Waals surface area contributed by atoms with Crippen LogP contribution in [0.2, 0.25) is 0 Å². The Labute approximate surface area is 88.2 Å². The Kier molecular flexibility index (Phi) is 2.28. The van der Waals surface area contributed by atoms with E-state index in [9.17, 15) is 8.42 Å². The van der Waals surface area contributed by atoms with Crippen molar-refractivity contribution >= 4 is 10.1 Å². The zero-order valence-corrected chi connectivity index (χ0v) is 8.68. The molecule has 2 unspecified atom stereocenters. The van der Waals surface area contributed by atoms with Crippen LogP contribution in [-0.4, -0.2) is 13.0 Å². The van der Waals surface area contributed by atoms with E-state index in [4.69, 9.17) is 10.3 Å². The largest absolute Gasteiger partial charge is 0.398 e. The van der Waals surface area contributed by atoms with Gasteiger partial charge in [0.05, 0.1) is 0 Å². The molecular weight excluding hydrogens is 214 g/mol. The van der Waals surface area contributed by atoms with Gasteiger partial charge in [-0.1, -0.05) is 30.4 Å². The molecule has 0 heterocycles. The summed E-state index contributed by atoms with van der Waals surface area (Å²) in [6, 6.07) is 0. The highest BCUT2D eigenvalue weighted by atomic mass is 32.2. The fourth-order valence-corrected chi connectivity index (χ4v) is 2.83. The lowest BCUT2D eigenvalue weighted by Crippen LogP contribution is -2.25. The lowest BCUT2D eigenvalue weighted by molar-refractivity contribution is 0.479. The minimum atomic E-state index is -4.23. The molecule has 0 spiro atoms. The third-order valence-corrected chi connectivity index (χ3v) is 3.60. The maximum absolute atomic E-state index is 11.2. The Balaban J connectivity index is 2.55. The number of hydrogen-bond donors (Lipinski definition) is 2. The van der Waals surface area contributed by atoms with Crippen LogP contribution >= 0.6 is 0 Å². The molecule has 0 bridgehead atoms. The highest BCUT2D eigenvalue weighted by Gasteiger charge is 2.32. The summed E-state index contributed by atoms with van der Waals surface area (Å²) in [5, 5.41) is 0. The zero-order chi connectivity index (χ0) is 11.1. The molecule has 0 aromatic carbocycles. The summed E-state index contributed by atoms with van der Waals surface area (Å²) < 4.78 is 31.4. The topological polar surface area (TPSA) is 80.4 Å². The van der Waals surface area contributed by atoms with Gasteiger partial charge in [0.1, 0.15) is 4.91 Å². The molecule has 0 aromatic heterocycles. The van der Waals surface area contributed by atoms with E-state index in [0.29, 0.717) is 0 Å². The molecule has 0 amide bonds. The summed E-state index contributed by atoms with van der Waals surface area (Å²) in [7, 11) is -4.23. The fraction of sp³-hybridized carbons (Fsp3) is 0.200. The van der Waals surface area contributed by atoms with Gasteiger partial charge in [-0.25, -0.2) is 0 Å². The molecule has 2 atom stereocenters. The predicted molar refractivity (Wildman–Crippen MR) is 57.2 cm³/mol. The van der Waals surface area contributed by atoms with Crippen LogP contribution in [0.5, 0.6) is 0 Å². The van der Waals surface area contributed by atoms with Crippen LogP contribution in [0.25, 0.3) is 0 Å². The fourth-order valence-electron chi connectivity index (χ4n) is 1.88. The molecule has 0 saturated heterocycles. The highest BCUT2D eigenvalue weighted by Crippen LogP contribution is 2.35. The van der Waals surface area contributed by atoms with Crippen LogP contribution in [0.1, 0.15) is 0 Å². The van der Waals surface area contributed by atoms with Gasteiger partial charge in [0.15, 0.2) is 0 Å². The Morgan fingerprint density at radius 3 is 2.53 bits per heavy atom. The minimum absolute atomic E-state index is 0.0424. The molecule has 0 saturated carbocycles. The summed E-state index contributed by atoms with van der Waals surface area (Å²) in [5.41, 5.74) is 5.68. The minimum Gasteiger partial charge on any atom is -0.398 e. The summed E-state index contributed by atoms with van der Waals surface area (Å²) in [5.74, 6) is -0.422. The van der Waals surface area contributed by atoms with Crippen molar-refractivity contribution in [2.45, 2.75) is 0 Å². The van der Waals surface area contributed by atoms with Crippen molar-refractivity contribution < 1.29 is 13.0 Å². The second-order valence-corrected chi connectivity index (χ2v) is 4.92. The molecule has 2 aliphatic rings. The summed E-state index contributed by atoms with van der Waals surface area (Å²) >= 11 is 0. The Morgan fingerprint density at radius 1 is 1.20 bits per heavy atom. The lowest BCUT2D eigenvalue weighted by Gasteiger charge is -2.26. The summed E-state index contributed by atoms with van der Waals surface area (Å²) in [6.45, 7) is 0. The summed E-state index contributed by atoms with van der Waals surface area (Å²) in [6.07, 6.45) is 10.5. The lowest BCUT2D eigenvalue weighted by atomic mass is 9.84. The number of hydrogen-bond acceptors (Lipinski definition) is 3. The smallest absolute Gasteiger partial charge is 0.293 e. The number of fused-ring (bicyclic) bond motifs is 1. The maximum Gasteiger partial charge on any atom is 0.293 e. The van der Waals surface area contributed by atoms with Gasteiger partial charge in [-0.15, -0.1) is 0 Å². The van der Waals surface area contributed by atoms with Crippen LogP contribution < -0.4 is 5.73 Å². The number of allylic oxidation sites excluding steroid dienone is 7. The van der Waals surface area contributed by atoms with Crippen molar-refractivity contribution in [1.82, 2.24) is 0 Å². The highest BCUT2D eigenvalue weighted by molar-refractivity contribution is 7.89. The standard InChI is InChI=1S/C10H11NO3S/c11-9-6-5-7-3-1-2-4-8(7)10(9)15(12,13)14/h1-8H,11H2,(H,12,13,14). The van der Waals surface area contributed by atoms with Crippen molar-refractivity contribution in [2.75, 3.05) is 0 Å². The first-order chi connectivity index (χ1) is 7.00. The van der Waals surface area contributed by atoms with Crippen molar-refractivity contribution in [3.8, 4) is 0 Å². The van der Waals surface area contributed by atoms with Crippen molar-refractivity contribution in [1.29, 1.82) is 0 Å². The first kappa shape index (κ1) is 10.2. The van der Waals surface area contributed by atoms with Gasteiger partial charge < -0.3 is 5.73 Å². The summed E-state index contributed by atoms with van der Waals surface area (Å²) in [4.78, 5) is -0.101. The molecule has 0 radical (unpaired) electrons. The predicted octanol–water partition coefficient (Wildman–Crippen LogP) is 0.973. The van der Waals surface area contributed by atoms with E-state index >= 15 is 0 Å². The molecule has 5 heteroatoms. The molecule has 3 N–H and O–H groups in total. The monoisotopic (exact) mass is 225 g/mol. The van der Waals surface area contributed by atoms with Gasteiger partial charge in [0.2, 0.25) is 0 Å². The van der Waals surface area contributed by atoms with Crippen molar-refractivity contribution in [3.05, 3.63) is 47.1 Å². The average molecular weight is 225 g/mol. The van der Waals surface area contributed by atoms with E-state index in [1.807, 2.05) is 18.2 Å². The molecule has 0 aromatic rings. The third kappa shape index (κ3) is 1.75. The van der Waals surface area contributed by atoms with E-state index in [1.165, 1.54) is 6.08 Å². The SMILES string of the molecule is NC1=C(S(=O)(=O)O)C2C=CC=CC2C=C1. The van der Waals surface area contributed by atoms with Crippen LogP contribution in [0.3, 0.4) is 0 Å². The van der Waals surface area contributed by atoms with E-state index in [1.54, 1.807) is 12.2 Å². The van der Waals surface area contributed by atoms with E-state index in [-0.39, 0.29) is 22.4 Å². The third-order valence-electron chi connectivity index (χ3n) is 2.54. The Bertz CT molecular complexity index is 497. The van der Waals surface area contributed by atoms with E-state index in [0.717, 1.165) is 0 Å². The molecule has 15 heavy (non-hydrogen) atoms. The average Bonchev–Trinajstić information content (AvgIpc) is 2.15. The van der Waals surface area contributed by atoms with Crippen LogP contribution in [0.15, 0.2) is 47.1 Å². The van der Waals surface area contributed by atoms with Crippen LogP contribution in [0.4, 0.5) is 0 Å².